The largest absolute Gasteiger partial charge is 0.469 e. The predicted molar refractivity (Wildman–Crippen MR) is 145 cm³/mol. The monoisotopic (exact) mass is 480 g/mol. The molecule has 2 aromatic carbocycles. The lowest BCUT2D eigenvalue weighted by atomic mass is 9.78. The summed E-state index contributed by atoms with van der Waals surface area (Å²) < 4.78 is 11.5. The van der Waals surface area contributed by atoms with Gasteiger partial charge in [0.2, 0.25) is 0 Å². The summed E-state index contributed by atoms with van der Waals surface area (Å²) in [4.78, 5) is 0. The first-order chi connectivity index (χ1) is 16.1. The van der Waals surface area contributed by atoms with Crippen LogP contribution in [0.2, 0.25) is 18.1 Å². The highest BCUT2D eigenvalue weighted by molar-refractivity contribution is 6.86. The number of hydrogen-bond acceptors (Lipinski definition) is 3. The van der Waals surface area contributed by atoms with Crippen molar-refractivity contribution in [3.8, 4) is 0 Å². The average Bonchev–Trinajstić information content (AvgIpc) is 2.82. The molecule has 2 rings (SSSR count). The molecule has 2 aromatic rings. The SMILES string of the molecule is CCCCCCC(=C=C(OCOC)[Si](C)(C)C(C)(C)C)C(O)(c1ccccc1)c1ccccc1. The van der Waals surface area contributed by atoms with Crippen molar-refractivity contribution in [2.75, 3.05) is 13.9 Å². The van der Waals surface area contributed by atoms with E-state index >= 15 is 0 Å². The van der Waals surface area contributed by atoms with Gasteiger partial charge in [0.05, 0.1) is 0 Å². The number of benzene rings is 2. The van der Waals surface area contributed by atoms with Gasteiger partial charge in [0.1, 0.15) is 19.1 Å². The van der Waals surface area contributed by atoms with Crippen molar-refractivity contribution in [3.63, 3.8) is 0 Å². The van der Waals surface area contributed by atoms with Crippen molar-refractivity contribution >= 4 is 8.07 Å². The van der Waals surface area contributed by atoms with Crippen LogP contribution in [0.15, 0.2) is 77.4 Å². The van der Waals surface area contributed by atoms with Crippen LogP contribution in [0, 0.1) is 0 Å². The Morgan fingerprint density at radius 3 is 1.85 bits per heavy atom. The number of unbranched alkanes of at least 4 members (excludes halogenated alkanes) is 3. The Morgan fingerprint density at radius 1 is 0.882 bits per heavy atom. The minimum Gasteiger partial charge on any atom is -0.469 e. The van der Waals surface area contributed by atoms with Crippen LogP contribution in [0.3, 0.4) is 0 Å². The molecule has 0 aliphatic carbocycles. The van der Waals surface area contributed by atoms with Crippen molar-refractivity contribution in [1.82, 2.24) is 0 Å². The minimum atomic E-state index is -2.10. The Balaban J connectivity index is 2.85. The first-order valence-corrected chi connectivity index (χ1v) is 15.5. The molecule has 0 unspecified atom stereocenters. The molecular formula is C30H44O3Si. The van der Waals surface area contributed by atoms with Gasteiger partial charge in [-0.05, 0) is 29.0 Å². The van der Waals surface area contributed by atoms with Gasteiger partial charge in [0.25, 0.3) is 0 Å². The van der Waals surface area contributed by atoms with Crippen LogP contribution in [0.1, 0.15) is 70.9 Å². The molecule has 0 saturated carbocycles. The fourth-order valence-electron chi connectivity index (χ4n) is 3.90. The predicted octanol–water partition coefficient (Wildman–Crippen LogP) is 7.97. The summed E-state index contributed by atoms with van der Waals surface area (Å²) in [6, 6.07) is 19.9. The first kappa shape index (κ1) is 28.1. The zero-order valence-electron chi connectivity index (χ0n) is 22.3. The Labute approximate surface area is 208 Å². The second-order valence-electron chi connectivity index (χ2n) is 10.6. The molecule has 34 heavy (non-hydrogen) atoms. The lowest BCUT2D eigenvalue weighted by molar-refractivity contribution is 0.0124. The van der Waals surface area contributed by atoms with Crippen LogP contribution in [0.25, 0.3) is 0 Å². The van der Waals surface area contributed by atoms with Crippen LogP contribution in [0.5, 0.6) is 0 Å². The molecule has 0 radical (unpaired) electrons. The van der Waals surface area contributed by atoms with E-state index in [-0.39, 0.29) is 11.8 Å². The number of rotatable bonds is 12. The minimum absolute atomic E-state index is 0.0496. The summed E-state index contributed by atoms with van der Waals surface area (Å²) in [6.45, 7) is 13.8. The quantitative estimate of drug-likeness (QED) is 0.110. The van der Waals surface area contributed by atoms with Gasteiger partial charge in [0, 0.05) is 12.7 Å². The Kier molecular flexibility index (Phi) is 10.4. The third-order valence-electron chi connectivity index (χ3n) is 7.13. The van der Waals surface area contributed by atoms with Crippen molar-refractivity contribution in [1.29, 1.82) is 0 Å². The van der Waals surface area contributed by atoms with Crippen LogP contribution < -0.4 is 0 Å². The van der Waals surface area contributed by atoms with Crippen LogP contribution >= 0.6 is 0 Å². The smallest absolute Gasteiger partial charge is 0.188 e. The zero-order valence-corrected chi connectivity index (χ0v) is 23.3. The normalized spacial score (nSPS) is 12.2. The molecule has 0 spiro atoms. The molecule has 186 valence electrons. The van der Waals surface area contributed by atoms with Gasteiger partial charge in [-0.25, -0.2) is 0 Å². The average molecular weight is 481 g/mol. The Morgan fingerprint density at radius 2 is 1.41 bits per heavy atom. The first-order valence-electron chi connectivity index (χ1n) is 12.5. The van der Waals surface area contributed by atoms with Crippen molar-refractivity contribution in [3.05, 3.63) is 88.5 Å². The molecule has 0 amide bonds. The summed E-state index contributed by atoms with van der Waals surface area (Å²) in [5.74, 6) is 0. The van der Waals surface area contributed by atoms with Gasteiger partial charge < -0.3 is 14.6 Å². The maximum absolute atomic E-state index is 12.5. The van der Waals surface area contributed by atoms with Gasteiger partial charge in [-0.1, -0.05) is 126 Å². The molecule has 3 nitrogen and oxygen atoms in total. The third-order valence-corrected chi connectivity index (χ3v) is 12.3. The highest BCUT2D eigenvalue weighted by atomic mass is 28.3. The van der Waals surface area contributed by atoms with Crippen molar-refractivity contribution < 1.29 is 14.6 Å². The van der Waals surface area contributed by atoms with E-state index in [0.717, 1.165) is 41.3 Å². The molecule has 4 heteroatoms. The lowest BCUT2D eigenvalue weighted by Crippen LogP contribution is -2.41. The molecule has 0 aliphatic rings. The van der Waals surface area contributed by atoms with E-state index < -0.39 is 13.7 Å². The number of methoxy groups -OCH3 is 1. The lowest BCUT2D eigenvalue weighted by Gasteiger charge is -2.37. The van der Waals surface area contributed by atoms with Crippen molar-refractivity contribution in [2.24, 2.45) is 0 Å². The summed E-state index contributed by atoms with van der Waals surface area (Å²) in [5, 5.41) is 13.4. The fourth-order valence-corrected chi connectivity index (χ4v) is 5.47. The standard InChI is InChI=1S/C30H44O3Si/c1-8-9-10-13-22-27(23-28(33-24-32-5)34(6,7)29(2,3)4)30(31,25-18-14-11-15-19-25)26-20-16-12-17-21-26/h11-12,14-21,31H,8-10,13,22,24H2,1-7H3. The molecular weight excluding hydrogens is 436 g/mol. The van der Waals surface area contributed by atoms with E-state index in [9.17, 15) is 5.11 Å². The van der Waals surface area contributed by atoms with E-state index in [4.69, 9.17) is 9.47 Å². The zero-order chi connectivity index (χ0) is 25.2. The van der Waals surface area contributed by atoms with Crippen molar-refractivity contribution in [2.45, 2.75) is 83.5 Å². The van der Waals surface area contributed by atoms with E-state index in [0.29, 0.717) is 0 Å². The van der Waals surface area contributed by atoms with Crippen LogP contribution in [-0.2, 0) is 15.1 Å². The third kappa shape index (κ3) is 6.73. The Bertz CT molecular complexity index is 897. The number of aliphatic hydroxyl groups is 1. The van der Waals surface area contributed by atoms with Gasteiger partial charge in [-0.15, -0.1) is 0 Å². The highest BCUT2D eigenvalue weighted by Crippen LogP contribution is 2.43. The number of ether oxygens (including phenoxy) is 2. The summed E-state index contributed by atoms with van der Waals surface area (Å²) >= 11 is 0. The van der Waals surface area contributed by atoms with Gasteiger partial charge in [0.15, 0.2) is 6.79 Å². The molecule has 0 bridgehead atoms. The Hall–Kier alpha value is -2.10. The molecule has 0 aromatic heterocycles. The van der Waals surface area contributed by atoms with Gasteiger partial charge >= 0.3 is 0 Å². The summed E-state index contributed by atoms with van der Waals surface area (Å²) in [7, 11) is -0.456. The summed E-state index contributed by atoms with van der Waals surface area (Å²) in [6.07, 6.45) is 5.21. The molecule has 0 aliphatic heterocycles. The maximum atomic E-state index is 12.5. The molecule has 0 fully saturated rings. The second-order valence-corrected chi connectivity index (χ2v) is 15.8. The highest BCUT2D eigenvalue weighted by Gasteiger charge is 2.42. The van der Waals surface area contributed by atoms with Gasteiger partial charge in [-0.3, -0.25) is 0 Å². The van der Waals surface area contributed by atoms with Crippen LogP contribution in [0.4, 0.5) is 0 Å². The van der Waals surface area contributed by atoms with E-state index in [1.165, 1.54) is 12.8 Å². The molecule has 1 N–H and O–H groups in total. The van der Waals surface area contributed by atoms with Gasteiger partial charge in [-0.2, -0.15) is 0 Å². The van der Waals surface area contributed by atoms with E-state index in [2.05, 4.69) is 46.5 Å². The van der Waals surface area contributed by atoms with Crippen LogP contribution in [-0.4, -0.2) is 27.1 Å². The van der Waals surface area contributed by atoms with E-state index in [1.54, 1.807) is 7.11 Å². The molecule has 0 saturated heterocycles. The summed E-state index contributed by atoms with van der Waals surface area (Å²) in [5.41, 5.74) is 4.95. The molecule has 0 atom stereocenters. The number of hydrogen-bond donors (Lipinski definition) is 1. The molecule has 0 heterocycles. The topological polar surface area (TPSA) is 38.7 Å². The van der Waals surface area contributed by atoms with E-state index in [1.807, 2.05) is 60.7 Å². The maximum Gasteiger partial charge on any atom is 0.188 e. The second kappa shape index (κ2) is 12.6. The fraction of sp³-hybridized carbons (Fsp3) is 0.500.